The molecule has 1 saturated heterocycles. The fourth-order valence-electron chi connectivity index (χ4n) is 2.97. The lowest BCUT2D eigenvalue weighted by Gasteiger charge is -2.26. The van der Waals surface area contributed by atoms with E-state index in [9.17, 15) is 21.6 Å². The Kier molecular flexibility index (Phi) is 6.43. The first kappa shape index (κ1) is 21.8. The molecule has 6 nitrogen and oxygen atoms in total. The smallest absolute Gasteiger partial charge is 0.391 e. The third kappa shape index (κ3) is 5.17. The van der Waals surface area contributed by atoms with Crippen molar-refractivity contribution >= 4 is 15.7 Å². The van der Waals surface area contributed by atoms with Crippen LogP contribution in [0.1, 0.15) is 29.5 Å². The second-order valence-corrected chi connectivity index (χ2v) is 8.61. The third-order valence-corrected chi connectivity index (χ3v) is 6.51. The van der Waals surface area contributed by atoms with Crippen molar-refractivity contribution in [2.75, 3.05) is 13.1 Å². The van der Waals surface area contributed by atoms with Crippen molar-refractivity contribution in [2.45, 2.75) is 30.5 Å². The number of rotatable bonds is 5. The fraction of sp³-hybridized carbons (Fsp3) is 0.300. The average Bonchev–Trinajstić information content (AvgIpc) is 2.74. The van der Waals surface area contributed by atoms with Crippen molar-refractivity contribution in [1.82, 2.24) is 4.31 Å². The molecule has 0 amide bonds. The summed E-state index contributed by atoms with van der Waals surface area (Å²) in [7, 11) is -3.88. The van der Waals surface area contributed by atoms with Gasteiger partial charge in [-0.05, 0) is 42.0 Å². The van der Waals surface area contributed by atoms with Crippen molar-refractivity contribution in [3.8, 4) is 6.07 Å². The Morgan fingerprint density at radius 1 is 1.10 bits per heavy atom. The second kappa shape index (κ2) is 8.85. The summed E-state index contributed by atoms with van der Waals surface area (Å²) in [5, 5.41) is 12.9. The number of nitriles is 1. The van der Waals surface area contributed by atoms with Gasteiger partial charge in [-0.1, -0.05) is 17.3 Å². The van der Waals surface area contributed by atoms with Gasteiger partial charge in [0.1, 0.15) is 6.61 Å². The van der Waals surface area contributed by atoms with Gasteiger partial charge in [-0.25, -0.2) is 8.42 Å². The zero-order valence-electron chi connectivity index (χ0n) is 15.8. The number of benzene rings is 2. The zero-order chi connectivity index (χ0) is 21.8. The highest BCUT2D eigenvalue weighted by molar-refractivity contribution is 7.89. The van der Waals surface area contributed by atoms with Crippen LogP contribution in [0.5, 0.6) is 0 Å². The van der Waals surface area contributed by atoms with Gasteiger partial charge in [-0.15, -0.1) is 0 Å². The Morgan fingerprint density at radius 3 is 2.37 bits per heavy atom. The number of sulfonamides is 1. The van der Waals surface area contributed by atoms with Gasteiger partial charge in [0.05, 0.1) is 27.8 Å². The minimum atomic E-state index is -4.52. The number of hydrogen-bond donors (Lipinski definition) is 0. The molecule has 0 aliphatic carbocycles. The summed E-state index contributed by atoms with van der Waals surface area (Å²) in [5.41, 5.74) is 1.11. The minimum absolute atomic E-state index is 0.162. The number of oxime groups is 1. The molecule has 1 heterocycles. The van der Waals surface area contributed by atoms with E-state index < -0.39 is 21.8 Å². The Labute approximate surface area is 172 Å². The van der Waals surface area contributed by atoms with E-state index in [0.717, 1.165) is 29.8 Å². The second-order valence-electron chi connectivity index (χ2n) is 6.67. The molecule has 10 heteroatoms. The normalized spacial score (nSPS) is 15.5. The molecular weight excluding hydrogens is 419 g/mol. The molecule has 158 valence electrons. The molecule has 0 saturated carbocycles. The van der Waals surface area contributed by atoms with Crippen LogP contribution in [0, 0.1) is 11.3 Å². The predicted molar refractivity (Wildman–Crippen MR) is 103 cm³/mol. The van der Waals surface area contributed by atoms with Crippen LogP contribution in [-0.4, -0.2) is 31.5 Å². The van der Waals surface area contributed by atoms with Crippen LogP contribution in [0.25, 0.3) is 0 Å². The molecule has 0 radical (unpaired) electrons. The van der Waals surface area contributed by atoms with Gasteiger partial charge in [-0.2, -0.15) is 22.7 Å². The number of alkyl halides is 3. The maximum absolute atomic E-state index is 12.7. The van der Waals surface area contributed by atoms with Crippen LogP contribution >= 0.6 is 0 Å². The largest absolute Gasteiger partial charge is 0.416 e. The molecular formula is C20H18F3N3O3S. The number of hydrogen-bond acceptors (Lipinski definition) is 5. The van der Waals surface area contributed by atoms with Crippen LogP contribution in [0.15, 0.2) is 58.6 Å². The third-order valence-electron chi connectivity index (χ3n) is 4.60. The maximum atomic E-state index is 12.7. The first-order valence-corrected chi connectivity index (χ1v) is 10.5. The maximum Gasteiger partial charge on any atom is 0.416 e. The lowest BCUT2D eigenvalue weighted by atomic mass is 10.1. The molecule has 0 aromatic heterocycles. The lowest BCUT2D eigenvalue weighted by Crippen LogP contribution is -2.38. The fourth-order valence-corrected chi connectivity index (χ4v) is 4.41. The Morgan fingerprint density at radius 2 is 1.77 bits per heavy atom. The predicted octanol–water partition coefficient (Wildman–Crippen LogP) is 3.93. The molecule has 1 fully saturated rings. The van der Waals surface area contributed by atoms with Gasteiger partial charge in [0.25, 0.3) is 0 Å². The monoisotopic (exact) mass is 437 g/mol. The Hall–Kier alpha value is -2.90. The van der Waals surface area contributed by atoms with Gasteiger partial charge in [0.15, 0.2) is 0 Å². The van der Waals surface area contributed by atoms with Crippen molar-refractivity contribution in [2.24, 2.45) is 5.16 Å². The summed E-state index contributed by atoms with van der Waals surface area (Å²) in [5.74, 6) is 0. The van der Waals surface area contributed by atoms with Crippen molar-refractivity contribution in [1.29, 1.82) is 5.26 Å². The lowest BCUT2D eigenvalue weighted by molar-refractivity contribution is -0.137. The van der Waals surface area contributed by atoms with E-state index in [-0.39, 0.29) is 24.6 Å². The number of piperidine rings is 1. The van der Waals surface area contributed by atoms with E-state index in [0.29, 0.717) is 24.1 Å². The van der Waals surface area contributed by atoms with Gasteiger partial charge in [-0.3, -0.25) is 0 Å². The Bertz CT molecular complexity index is 1060. The average molecular weight is 437 g/mol. The van der Waals surface area contributed by atoms with Gasteiger partial charge in [0, 0.05) is 25.9 Å². The van der Waals surface area contributed by atoms with Crippen LogP contribution < -0.4 is 0 Å². The SMILES string of the molecule is N#Cc1cccc(CON=C2CCN(S(=O)(=O)c3ccc(C(F)(F)F)cc3)CC2)c1. The summed E-state index contributed by atoms with van der Waals surface area (Å²) in [6.07, 6.45) is -3.80. The summed E-state index contributed by atoms with van der Waals surface area (Å²) >= 11 is 0. The molecule has 1 aliphatic heterocycles. The topological polar surface area (TPSA) is 82.8 Å². The highest BCUT2D eigenvalue weighted by Gasteiger charge is 2.32. The van der Waals surface area contributed by atoms with Crippen LogP contribution in [-0.2, 0) is 27.6 Å². The van der Waals surface area contributed by atoms with Gasteiger partial charge >= 0.3 is 6.18 Å². The quantitative estimate of drug-likeness (QED) is 0.664. The number of nitrogens with zero attached hydrogens (tertiary/aromatic N) is 3. The van der Waals surface area contributed by atoms with Gasteiger partial charge < -0.3 is 4.84 Å². The summed E-state index contributed by atoms with van der Waals surface area (Å²) in [6, 6.07) is 12.4. The molecule has 0 unspecified atom stereocenters. The molecule has 0 atom stereocenters. The van der Waals surface area contributed by atoms with Crippen molar-refractivity contribution < 1.29 is 26.4 Å². The standard InChI is InChI=1S/C20H18F3N3O3S/c21-20(22,23)17-4-6-19(7-5-17)30(27,28)26-10-8-18(9-11-26)25-29-14-16-3-1-2-15(12-16)13-24/h1-7,12H,8-11,14H2. The molecule has 2 aromatic rings. The van der Waals surface area contributed by atoms with Crippen LogP contribution in [0.3, 0.4) is 0 Å². The molecule has 3 rings (SSSR count). The van der Waals surface area contributed by atoms with Crippen LogP contribution in [0.4, 0.5) is 13.2 Å². The van der Waals surface area contributed by atoms with E-state index in [4.69, 9.17) is 10.1 Å². The summed E-state index contributed by atoms with van der Waals surface area (Å²) in [6.45, 7) is 0.511. The molecule has 2 aromatic carbocycles. The number of halogens is 3. The zero-order valence-corrected chi connectivity index (χ0v) is 16.6. The molecule has 1 aliphatic rings. The summed E-state index contributed by atoms with van der Waals surface area (Å²) < 4.78 is 64.5. The summed E-state index contributed by atoms with van der Waals surface area (Å²) in [4.78, 5) is 5.14. The first-order valence-electron chi connectivity index (χ1n) is 9.04. The van der Waals surface area contributed by atoms with E-state index >= 15 is 0 Å². The molecule has 0 spiro atoms. The van der Waals surface area contributed by atoms with E-state index in [1.54, 1.807) is 24.3 Å². The molecule has 0 N–H and O–H groups in total. The first-order chi connectivity index (χ1) is 14.2. The Balaban J connectivity index is 1.57. The van der Waals surface area contributed by atoms with Crippen molar-refractivity contribution in [3.05, 3.63) is 65.2 Å². The van der Waals surface area contributed by atoms with E-state index in [1.807, 2.05) is 6.07 Å². The van der Waals surface area contributed by atoms with Crippen molar-refractivity contribution in [3.63, 3.8) is 0 Å². The highest BCUT2D eigenvalue weighted by Crippen LogP contribution is 2.30. The van der Waals surface area contributed by atoms with E-state index in [1.165, 1.54) is 4.31 Å². The highest BCUT2D eigenvalue weighted by atomic mass is 32.2. The van der Waals surface area contributed by atoms with E-state index in [2.05, 4.69) is 5.16 Å². The van der Waals surface area contributed by atoms with Gasteiger partial charge in [0.2, 0.25) is 10.0 Å². The molecule has 30 heavy (non-hydrogen) atoms. The van der Waals surface area contributed by atoms with Crippen LogP contribution in [0.2, 0.25) is 0 Å². The molecule has 0 bridgehead atoms. The minimum Gasteiger partial charge on any atom is -0.391 e.